The monoisotopic (exact) mass is 391 g/mol. The Morgan fingerprint density at radius 2 is 2.04 bits per heavy atom. The summed E-state index contributed by atoms with van der Waals surface area (Å²) in [5, 5.41) is 5.25. The van der Waals surface area contributed by atoms with Gasteiger partial charge < -0.3 is 4.90 Å². The zero-order chi connectivity index (χ0) is 19.2. The SMILES string of the molecule is Cc1cc(N2CCCC(F)(F)C2)n2nc(C(C)c3ccc(Cl)cn3)cc2n1. The molecule has 0 saturated carbocycles. The molecule has 27 heavy (non-hydrogen) atoms. The number of hydrogen-bond acceptors (Lipinski definition) is 4. The van der Waals surface area contributed by atoms with Crippen molar-refractivity contribution in [2.75, 3.05) is 18.0 Å². The van der Waals surface area contributed by atoms with Gasteiger partial charge in [0.25, 0.3) is 5.92 Å². The van der Waals surface area contributed by atoms with Gasteiger partial charge in [-0.1, -0.05) is 18.5 Å². The van der Waals surface area contributed by atoms with Gasteiger partial charge in [-0.3, -0.25) is 4.98 Å². The van der Waals surface area contributed by atoms with Crippen LogP contribution in [-0.2, 0) is 0 Å². The van der Waals surface area contributed by atoms with Gasteiger partial charge in [-0.15, -0.1) is 0 Å². The molecule has 0 N–H and O–H groups in total. The van der Waals surface area contributed by atoms with Gasteiger partial charge in [-0.2, -0.15) is 9.61 Å². The number of aryl methyl sites for hydroxylation is 1. The van der Waals surface area contributed by atoms with E-state index in [0.717, 1.165) is 17.1 Å². The van der Waals surface area contributed by atoms with Gasteiger partial charge in [0.15, 0.2) is 5.65 Å². The van der Waals surface area contributed by atoms with E-state index in [4.69, 9.17) is 11.6 Å². The van der Waals surface area contributed by atoms with Crippen LogP contribution in [0, 0.1) is 6.92 Å². The van der Waals surface area contributed by atoms with Gasteiger partial charge in [0.2, 0.25) is 0 Å². The molecule has 0 amide bonds. The first kappa shape index (κ1) is 18.1. The first-order valence-corrected chi connectivity index (χ1v) is 9.32. The van der Waals surface area contributed by atoms with Gasteiger partial charge in [0.05, 0.1) is 17.3 Å². The Morgan fingerprint density at radius 1 is 1.22 bits per heavy atom. The number of halogens is 3. The van der Waals surface area contributed by atoms with Gasteiger partial charge in [0.1, 0.15) is 5.82 Å². The third-order valence-electron chi connectivity index (χ3n) is 4.91. The van der Waals surface area contributed by atoms with Crippen LogP contribution in [0.15, 0.2) is 30.5 Å². The molecule has 1 atom stereocenters. The number of hydrogen-bond donors (Lipinski definition) is 0. The fourth-order valence-corrected chi connectivity index (χ4v) is 3.60. The van der Waals surface area contributed by atoms with Gasteiger partial charge in [0, 0.05) is 48.6 Å². The molecule has 0 bridgehead atoms. The quantitative estimate of drug-likeness (QED) is 0.660. The molecule has 1 unspecified atom stereocenters. The number of alkyl halides is 2. The standard InChI is InChI=1S/C19H20ClF2N5/c1-12-8-18(26-7-3-6-19(21,22)11-26)27-17(24-12)9-16(25-27)13(2)15-5-4-14(20)10-23-15/h4-5,8-10,13H,3,6-7,11H2,1-2H3. The first-order valence-electron chi connectivity index (χ1n) is 8.94. The van der Waals surface area contributed by atoms with Crippen LogP contribution in [-0.4, -0.2) is 38.6 Å². The van der Waals surface area contributed by atoms with Crippen molar-refractivity contribution in [3.63, 3.8) is 0 Å². The number of nitrogens with zero attached hydrogens (tertiary/aromatic N) is 5. The molecule has 1 saturated heterocycles. The Morgan fingerprint density at radius 3 is 2.74 bits per heavy atom. The third-order valence-corrected chi connectivity index (χ3v) is 5.13. The molecule has 3 aromatic heterocycles. The van der Waals surface area contributed by atoms with E-state index in [1.54, 1.807) is 21.7 Å². The van der Waals surface area contributed by atoms with Crippen molar-refractivity contribution in [1.82, 2.24) is 19.6 Å². The van der Waals surface area contributed by atoms with Crippen LogP contribution in [0.2, 0.25) is 5.02 Å². The van der Waals surface area contributed by atoms with Crippen molar-refractivity contribution >= 4 is 23.1 Å². The summed E-state index contributed by atoms with van der Waals surface area (Å²) >= 11 is 5.91. The Hall–Kier alpha value is -2.28. The molecule has 142 valence electrons. The molecule has 0 aromatic carbocycles. The Labute approximate surface area is 161 Å². The number of piperidine rings is 1. The molecule has 0 aliphatic carbocycles. The lowest BCUT2D eigenvalue weighted by Crippen LogP contribution is -2.43. The van der Waals surface area contributed by atoms with Crippen LogP contribution in [0.4, 0.5) is 14.6 Å². The number of fused-ring (bicyclic) bond motifs is 1. The smallest absolute Gasteiger partial charge is 0.265 e. The number of pyridine rings is 1. The highest BCUT2D eigenvalue weighted by Crippen LogP contribution is 2.31. The second kappa shape index (κ2) is 6.71. The fraction of sp³-hybridized carbons (Fsp3) is 0.421. The van der Waals surface area contributed by atoms with E-state index >= 15 is 0 Å². The average Bonchev–Trinajstić information content (AvgIpc) is 3.04. The molecular weight excluding hydrogens is 372 g/mol. The third kappa shape index (κ3) is 3.60. The van der Waals surface area contributed by atoms with E-state index in [2.05, 4.69) is 15.1 Å². The number of aromatic nitrogens is 4. The lowest BCUT2D eigenvalue weighted by Gasteiger charge is -2.34. The lowest BCUT2D eigenvalue weighted by atomic mass is 10.0. The van der Waals surface area contributed by atoms with E-state index in [-0.39, 0.29) is 18.9 Å². The van der Waals surface area contributed by atoms with Crippen LogP contribution in [0.25, 0.3) is 5.65 Å². The zero-order valence-corrected chi connectivity index (χ0v) is 15.9. The van der Waals surface area contributed by atoms with E-state index in [1.165, 1.54) is 0 Å². The second-order valence-electron chi connectivity index (χ2n) is 7.10. The molecular formula is C19H20ClF2N5. The summed E-state index contributed by atoms with van der Waals surface area (Å²) in [4.78, 5) is 10.6. The molecule has 0 spiro atoms. The fourth-order valence-electron chi connectivity index (χ4n) is 3.49. The minimum atomic E-state index is -2.68. The average molecular weight is 392 g/mol. The molecule has 4 heterocycles. The molecule has 1 aliphatic rings. The van der Waals surface area contributed by atoms with E-state index < -0.39 is 5.92 Å². The highest BCUT2D eigenvalue weighted by molar-refractivity contribution is 6.30. The van der Waals surface area contributed by atoms with Crippen molar-refractivity contribution in [3.05, 3.63) is 52.6 Å². The van der Waals surface area contributed by atoms with Gasteiger partial charge >= 0.3 is 0 Å². The normalized spacial score (nSPS) is 18.0. The van der Waals surface area contributed by atoms with Crippen LogP contribution in [0.3, 0.4) is 0 Å². The minimum absolute atomic E-state index is 0.0691. The second-order valence-corrected chi connectivity index (χ2v) is 7.54. The maximum absolute atomic E-state index is 13.9. The topological polar surface area (TPSA) is 46.3 Å². The molecule has 0 radical (unpaired) electrons. The molecule has 1 aliphatic heterocycles. The predicted molar refractivity (Wildman–Crippen MR) is 101 cm³/mol. The summed E-state index contributed by atoms with van der Waals surface area (Å²) in [6.45, 7) is 4.15. The van der Waals surface area contributed by atoms with E-state index in [9.17, 15) is 8.78 Å². The van der Waals surface area contributed by atoms with Crippen LogP contribution in [0.5, 0.6) is 0 Å². The van der Waals surface area contributed by atoms with E-state index in [1.807, 2.05) is 32.0 Å². The van der Waals surface area contributed by atoms with Crippen molar-refractivity contribution in [3.8, 4) is 0 Å². The Kier molecular flexibility index (Phi) is 4.50. The largest absolute Gasteiger partial charge is 0.350 e. The number of rotatable bonds is 3. The summed E-state index contributed by atoms with van der Waals surface area (Å²) in [7, 11) is 0. The molecule has 4 rings (SSSR count). The maximum Gasteiger partial charge on any atom is 0.265 e. The summed E-state index contributed by atoms with van der Waals surface area (Å²) in [6.07, 6.45) is 1.99. The van der Waals surface area contributed by atoms with Gasteiger partial charge in [-0.05, 0) is 25.5 Å². The van der Waals surface area contributed by atoms with E-state index in [0.29, 0.717) is 29.5 Å². The van der Waals surface area contributed by atoms with Gasteiger partial charge in [-0.25, -0.2) is 13.8 Å². The summed E-state index contributed by atoms with van der Waals surface area (Å²) in [5.74, 6) is -2.10. The van der Waals surface area contributed by atoms with Crippen molar-refractivity contribution in [2.24, 2.45) is 0 Å². The zero-order valence-electron chi connectivity index (χ0n) is 15.2. The minimum Gasteiger partial charge on any atom is -0.350 e. The van der Waals surface area contributed by atoms with Crippen LogP contribution in [0.1, 0.15) is 42.8 Å². The first-order chi connectivity index (χ1) is 12.8. The molecule has 8 heteroatoms. The van der Waals surface area contributed by atoms with Crippen molar-refractivity contribution < 1.29 is 8.78 Å². The van der Waals surface area contributed by atoms with Crippen molar-refractivity contribution in [2.45, 2.75) is 38.5 Å². The predicted octanol–water partition coefficient (Wildman–Crippen LogP) is 4.47. The molecule has 3 aromatic rings. The Balaban J connectivity index is 1.74. The van der Waals surface area contributed by atoms with Crippen molar-refractivity contribution in [1.29, 1.82) is 0 Å². The maximum atomic E-state index is 13.9. The number of anilines is 1. The van der Waals surface area contributed by atoms with Crippen LogP contribution < -0.4 is 4.90 Å². The summed E-state index contributed by atoms with van der Waals surface area (Å²) in [6, 6.07) is 7.36. The highest BCUT2D eigenvalue weighted by atomic mass is 35.5. The lowest BCUT2D eigenvalue weighted by molar-refractivity contribution is -0.0119. The van der Waals surface area contributed by atoms with Crippen LogP contribution >= 0.6 is 11.6 Å². The summed E-state index contributed by atoms with van der Waals surface area (Å²) < 4.78 is 29.5. The molecule has 5 nitrogen and oxygen atoms in total. The Bertz CT molecular complexity index is 970. The highest BCUT2D eigenvalue weighted by Gasteiger charge is 2.36. The summed E-state index contributed by atoms with van der Waals surface area (Å²) in [5.41, 5.74) is 3.04. The molecule has 1 fully saturated rings.